The molecule has 0 aliphatic carbocycles. The standard InChI is InChI=1S/C26H29N5O3/c1-5-31-24-23(19(4)28-31)30(16-22(32)27-21-14-17(2)13-18(3)15-21)26(34)29(25(24)33)12-11-20-9-7-6-8-10-20/h6-10,13-15H,5,11-12,16H2,1-4H3,(H,27,32). The molecular formula is C26H29N5O3. The average Bonchev–Trinajstić information content (AvgIpc) is 3.13. The molecule has 1 N–H and O–H groups in total. The second kappa shape index (κ2) is 9.51. The Balaban J connectivity index is 1.76. The van der Waals surface area contributed by atoms with Crippen LogP contribution >= 0.6 is 0 Å². The minimum absolute atomic E-state index is 0.213. The zero-order chi connectivity index (χ0) is 24.4. The van der Waals surface area contributed by atoms with Crippen LogP contribution in [0, 0.1) is 20.8 Å². The average molecular weight is 460 g/mol. The predicted octanol–water partition coefficient (Wildman–Crippen LogP) is 3.19. The molecular weight excluding hydrogens is 430 g/mol. The third-order valence-electron chi connectivity index (χ3n) is 5.85. The first kappa shape index (κ1) is 23.2. The van der Waals surface area contributed by atoms with Crippen molar-refractivity contribution in [2.75, 3.05) is 5.32 Å². The van der Waals surface area contributed by atoms with Crippen molar-refractivity contribution in [1.29, 1.82) is 0 Å². The Morgan fingerprint density at radius 2 is 1.62 bits per heavy atom. The van der Waals surface area contributed by atoms with Crippen molar-refractivity contribution in [3.05, 3.63) is 91.8 Å². The van der Waals surface area contributed by atoms with Crippen LogP contribution in [0.4, 0.5) is 5.69 Å². The molecule has 4 aromatic rings. The molecule has 4 rings (SSSR count). The van der Waals surface area contributed by atoms with Crippen LogP contribution < -0.4 is 16.6 Å². The number of nitrogens with one attached hydrogen (secondary N) is 1. The summed E-state index contributed by atoms with van der Waals surface area (Å²) in [6, 6.07) is 15.5. The smallest absolute Gasteiger partial charge is 0.325 e. The first-order valence-corrected chi connectivity index (χ1v) is 11.4. The number of aromatic nitrogens is 4. The molecule has 0 unspecified atom stereocenters. The molecule has 1 amide bonds. The number of fused-ring (bicyclic) bond motifs is 1. The molecule has 34 heavy (non-hydrogen) atoms. The van der Waals surface area contributed by atoms with Gasteiger partial charge in [-0.05, 0) is 62.9 Å². The molecule has 0 aliphatic heterocycles. The number of carbonyl (C=O) groups is 1. The van der Waals surface area contributed by atoms with Gasteiger partial charge in [0.25, 0.3) is 5.56 Å². The van der Waals surface area contributed by atoms with Crippen molar-refractivity contribution in [3.63, 3.8) is 0 Å². The zero-order valence-corrected chi connectivity index (χ0v) is 20.0. The first-order valence-electron chi connectivity index (χ1n) is 11.4. The van der Waals surface area contributed by atoms with Gasteiger partial charge in [-0.15, -0.1) is 0 Å². The van der Waals surface area contributed by atoms with E-state index in [2.05, 4.69) is 10.4 Å². The highest BCUT2D eigenvalue weighted by atomic mass is 16.2. The first-order chi connectivity index (χ1) is 16.3. The van der Waals surface area contributed by atoms with E-state index >= 15 is 0 Å². The molecule has 0 saturated heterocycles. The van der Waals surface area contributed by atoms with Crippen LogP contribution in [0.15, 0.2) is 58.1 Å². The molecule has 8 nitrogen and oxygen atoms in total. The lowest BCUT2D eigenvalue weighted by Crippen LogP contribution is -2.42. The summed E-state index contributed by atoms with van der Waals surface area (Å²) in [6.07, 6.45) is 0.523. The highest BCUT2D eigenvalue weighted by Crippen LogP contribution is 2.16. The lowest BCUT2D eigenvalue weighted by molar-refractivity contribution is -0.116. The third-order valence-corrected chi connectivity index (χ3v) is 5.85. The number of nitrogens with zero attached hydrogens (tertiary/aromatic N) is 4. The van der Waals surface area contributed by atoms with Gasteiger partial charge in [0, 0.05) is 18.8 Å². The number of hydrogen-bond acceptors (Lipinski definition) is 4. The van der Waals surface area contributed by atoms with Gasteiger partial charge in [0.05, 0.1) is 5.69 Å². The Labute approximate surface area is 197 Å². The number of benzene rings is 2. The Hall–Kier alpha value is -3.94. The fraction of sp³-hybridized carbons (Fsp3) is 0.308. The largest absolute Gasteiger partial charge is 0.332 e. The second-order valence-corrected chi connectivity index (χ2v) is 8.58. The molecule has 8 heteroatoms. The van der Waals surface area contributed by atoms with E-state index in [1.54, 1.807) is 11.6 Å². The van der Waals surface area contributed by atoms with Crippen LogP contribution in [0.1, 0.15) is 29.3 Å². The molecule has 0 aliphatic rings. The fourth-order valence-corrected chi connectivity index (χ4v) is 4.41. The normalized spacial score (nSPS) is 11.2. The van der Waals surface area contributed by atoms with E-state index in [0.717, 1.165) is 16.7 Å². The summed E-state index contributed by atoms with van der Waals surface area (Å²) in [5.74, 6) is -0.342. The fourth-order valence-electron chi connectivity index (χ4n) is 4.41. The van der Waals surface area contributed by atoms with Crippen LogP contribution in [0.25, 0.3) is 11.0 Å². The molecule has 0 fully saturated rings. The maximum atomic E-state index is 13.5. The highest BCUT2D eigenvalue weighted by Gasteiger charge is 2.21. The maximum absolute atomic E-state index is 13.5. The van der Waals surface area contributed by atoms with E-state index in [0.29, 0.717) is 35.4 Å². The minimum atomic E-state index is -0.511. The molecule has 0 spiro atoms. The third kappa shape index (κ3) is 4.57. The quantitative estimate of drug-likeness (QED) is 0.460. The van der Waals surface area contributed by atoms with Crippen molar-refractivity contribution in [2.24, 2.45) is 0 Å². The van der Waals surface area contributed by atoms with E-state index in [4.69, 9.17) is 0 Å². The second-order valence-electron chi connectivity index (χ2n) is 8.58. The summed E-state index contributed by atoms with van der Waals surface area (Å²) >= 11 is 0. The molecule has 0 saturated carbocycles. The molecule has 2 heterocycles. The number of amides is 1. The van der Waals surface area contributed by atoms with Crippen molar-refractivity contribution in [3.8, 4) is 0 Å². The number of hydrogen-bond donors (Lipinski definition) is 1. The summed E-state index contributed by atoms with van der Waals surface area (Å²) in [4.78, 5) is 39.8. The SMILES string of the molecule is CCn1nc(C)c2c1c(=O)n(CCc1ccccc1)c(=O)n2CC(=O)Nc1cc(C)cc(C)c1. The van der Waals surface area contributed by atoms with Gasteiger partial charge in [-0.25, -0.2) is 4.79 Å². The van der Waals surface area contributed by atoms with E-state index in [-0.39, 0.29) is 24.6 Å². The van der Waals surface area contributed by atoms with Gasteiger partial charge in [-0.3, -0.25) is 23.4 Å². The van der Waals surface area contributed by atoms with Crippen molar-refractivity contribution in [1.82, 2.24) is 18.9 Å². The number of rotatable bonds is 7. The zero-order valence-electron chi connectivity index (χ0n) is 20.0. The Kier molecular flexibility index (Phi) is 6.49. The lowest BCUT2D eigenvalue weighted by atomic mass is 10.1. The summed E-state index contributed by atoms with van der Waals surface area (Å²) in [5.41, 5.74) is 4.15. The van der Waals surface area contributed by atoms with Gasteiger partial charge in [0.1, 0.15) is 12.1 Å². The van der Waals surface area contributed by atoms with Gasteiger partial charge in [0.2, 0.25) is 5.91 Å². The summed E-state index contributed by atoms with van der Waals surface area (Å²) in [5, 5.41) is 7.34. The van der Waals surface area contributed by atoms with Gasteiger partial charge < -0.3 is 5.32 Å². The number of carbonyl (C=O) groups excluding carboxylic acids is 1. The molecule has 2 aromatic heterocycles. The van der Waals surface area contributed by atoms with Crippen LogP contribution in [0.3, 0.4) is 0 Å². The van der Waals surface area contributed by atoms with Gasteiger partial charge in [-0.1, -0.05) is 36.4 Å². The van der Waals surface area contributed by atoms with Crippen LogP contribution in [-0.2, 0) is 30.8 Å². The monoisotopic (exact) mass is 459 g/mol. The van der Waals surface area contributed by atoms with E-state index in [9.17, 15) is 14.4 Å². The predicted molar refractivity (Wildman–Crippen MR) is 133 cm³/mol. The topological polar surface area (TPSA) is 90.9 Å². The van der Waals surface area contributed by atoms with Crippen LogP contribution in [-0.4, -0.2) is 24.8 Å². The molecule has 2 aromatic carbocycles. The molecule has 0 radical (unpaired) electrons. The van der Waals surface area contributed by atoms with Crippen molar-refractivity contribution in [2.45, 2.75) is 53.8 Å². The number of aryl methyl sites for hydroxylation is 5. The van der Waals surface area contributed by atoms with E-state index in [1.165, 1.54) is 9.13 Å². The van der Waals surface area contributed by atoms with Gasteiger partial charge in [0.15, 0.2) is 5.52 Å². The van der Waals surface area contributed by atoms with E-state index < -0.39 is 5.69 Å². The Morgan fingerprint density at radius 1 is 0.941 bits per heavy atom. The molecule has 0 atom stereocenters. The van der Waals surface area contributed by atoms with Gasteiger partial charge >= 0.3 is 5.69 Å². The van der Waals surface area contributed by atoms with Crippen LogP contribution in [0.2, 0.25) is 0 Å². The van der Waals surface area contributed by atoms with Gasteiger partial charge in [-0.2, -0.15) is 5.10 Å². The highest BCUT2D eigenvalue weighted by molar-refractivity contribution is 5.91. The Morgan fingerprint density at radius 3 is 2.26 bits per heavy atom. The molecule has 176 valence electrons. The minimum Gasteiger partial charge on any atom is -0.325 e. The van der Waals surface area contributed by atoms with Crippen molar-refractivity contribution >= 4 is 22.6 Å². The van der Waals surface area contributed by atoms with Crippen LogP contribution in [0.5, 0.6) is 0 Å². The summed E-state index contributed by atoms with van der Waals surface area (Å²) in [7, 11) is 0. The lowest BCUT2D eigenvalue weighted by Gasteiger charge is -2.14. The maximum Gasteiger partial charge on any atom is 0.332 e. The Bertz CT molecular complexity index is 1460. The van der Waals surface area contributed by atoms with E-state index in [1.807, 2.05) is 69.3 Å². The summed E-state index contributed by atoms with van der Waals surface area (Å²) in [6.45, 7) is 8.03. The summed E-state index contributed by atoms with van der Waals surface area (Å²) < 4.78 is 4.19. The number of anilines is 1. The van der Waals surface area contributed by atoms with Crippen molar-refractivity contribution < 1.29 is 4.79 Å². The molecule has 0 bridgehead atoms.